The topological polar surface area (TPSA) is 155 Å². The molecule has 2 aromatic rings. The Bertz CT molecular complexity index is 1060. The minimum Gasteiger partial charge on any atom is -0.445 e. The lowest BCUT2D eigenvalue weighted by Crippen LogP contribution is -2.64. The largest absolute Gasteiger partial charge is 0.445 e. The molecule has 1 fully saturated rings. The molecule has 0 bridgehead atoms. The molecule has 1 heterocycles. The third kappa shape index (κ3) is 7.29. The Kier molecular flexibility index (Phi) is 8.76. The van der Waals surface area contributed by atoms with Crippen molar-refractivity contribution in [2.24, 2.45) is 0 Å². The van der Waals surface area contributed by atoms with Crippen LogP contribution in [0, 0.1) is 0 Å². The van der Waals surface area contributed by atoms with Crippen molar-refractivity contribution in [2.45, 2.75) is 31.2 Å². The number of ether oxygens (including phenoxy) is 1. The van der Waals surface area contributed by atoms with E-state index in [9.17, 15) is 24.0 Å². The molecular formula is C24H27N5O6. The fourth-order valence-electron chi connectivity index (χ4n) is 3.26. The van der Waals surface area contributed by atoms with Crippen molar-refractivity contribution in [2.75, 3.05) is 13.6 Å². The summed E-state index contributed by atoms with van der Waals surface area (Å²) in [5, 5.41) is 12.4. The molecule has 0 spiro atoms. The van der Waals surface area contributed by atoms with Gasteiger partial charge in [-0.1, -0.05) is 60.7 Å². The molecule has 184 valence electrons. The molecule has 2 aromatic carbocycles. The highest BCUT2D eigenvalue weighted by atomic mass is 16.5. The van der Waals surface area contributed by atoms with Crippen LogP contribution in [0.3, 0.4) is 0 Å². The van der Waals surface area contributed by atoms with Gasteiger partial charge in [-0.3, -0.25) is 19.2 Å². The average Bonchev–Trinajstić information content (AvgIpc) is 2.88. The first-order valence-electron chi connectivity index (χ1n) is 11.0. The maximum atomic E-state index is 13.2. The second-order valence-electron chi connectivity index (χ2n) is 7.79. The van der Waals surface area contributed by atoms with E-state index < -0.39 is 41.9 Å². The van der Waals surface area contributed by atoms with Crippen LogP contribution in [0.15, 0.2) is 60.7 Å². The standard InChI is InChI=1S/C24H27N5O6/c1-25-19(30)12-17(22(32)28-18-13-26-21(18)31)27-23(33)20(16-10-6-3-7-11-16)29-24(34)35-14-15-8-4-2-5-9-15/h2-11,17-18,20H,12-14H2,1H3,(H,25,30)(H,26,31)(H,27,33)(H,28,32)(H,29,34). The number of hydrogen-bond donors (Lipinski definition) is 5. The number of rotatable bonds is 10. The molecule has 0 aromatic heterocycles. The molecule has 3 unspecified atom stereocenters. The van der Waals surface area contributed by atoms with Gasteiger partial charge in [-0.2, -0.15) is 0 Å². The third-order valence-corrected chi connectivity index (χ3v) is 5.28. The first kappa shape index (κ1) is 25.2. The van der Waals surface area contributed by atoms with E-state index >= 15 is 0 Å². The predicted molar refractivity (Wildman–Crippen MR) is 125 cm³/mol. The number of nitrogens with one attached hydrogen (secondary N) is 5. The van der Waals surface area contributed by atoms with Gasteiger partial charge in [-0.25, -0.2) is 4.79 Å². The first-order chi connectivity index (χ1) is 16.9. The lowest BCUT2D eigenvalue weighted by atomic mass is 10.0. The number of alkyl carbamates (subject to hydrolysis) is 1. The Hall–Kier alpha value is -4.41. The Balaban J connectivity index is 1.71. The van der Waals surface area contributed by atoms with Gasteiger partial charge in [-0.05, 0) is 11.1 Å². The van der Waals surface area contributed by atoms with E-state index in [-0.39, 0.29) is 25.5 Å². The molecule has 1 aliphatic heterocycles. The summed E-state index contributed by atoms with van der Waals surface area (Å²) in [5.74, 6) is -2.27. The lowest BCUT2D eigenvalue weighted by Gasteiger charge is -2.29. The van der Waals surface area contributed by atoms with Crippen LogP contribution >= 0.6 is 0 Å². The van der Waals surface area contributed by atoms with Crippen LogP contribution < -0.4 is 26.6 Å². The zero-order valence-corrected chi connectivity index (χ0v) is 19.1. The van der Waals surface area contributed by atoms with Crippen molar-refractivity contribution >= 4 is 29.7 Å². The molecular weight excluding hydrogens is 454 g/mol. The van der Waals surface area contributed by atoms with Crippen molar-refractivity contribution in [3.63, 3.8) is 0 Å². The van der Waals surface area contributed by atoms with Crippen molar-refractivity contribution in [3.05, 3.63) is 71.8 Å². The van der Waals surface area contributed by atoms with E-state index in [2.05, 4.69) is 26.6 Å². The maximum absolute atomic E-state index is 13.2. The van der Waals surface area contributed by atoms with Gasteiger partial charge in [-0.15, -0.1) is 0 Å². The molecule has 11 heteroatoms. The summed E-state index contributed by atoms with van der Waals surface area (Å²) in [6.07, 6.45) is -1.20. The first-order valence-corrected chi connectivity index (χ1v) is 11.0. The average molecular weight is 482 g/mol. The highest BCUT2D eigenvalue weighted by Crippen LogP contribution is 2.14. The zero-order chi connectivity index (χ0) is 25.2. The minimum atomic E-state index is -1.27. The zero-order valence-electron chi connectivity index (χ0n) is 19.1. The summed E-state index contributed by atoms with van der Waals surface area (Å²) in [5.41, 5.74) is 1.21. The van der Waals surface area contributed by atoms with Gasteiger partial charge >= 0.3 is 6.09 Å². The summed E-state index contributed by atoms with van der Waals surface area (Å²) in [6.45, 7) is 0.258. The fraction of sp³-hybridized carbons (Fsp3) is 0.292. The highest BCUT2D eigenvalue weighted by Gasteiger charge is 2.34. The summed E-state index contributed by atoms with van der Waals surface area (Å²) in [7, 11) is 1.40. The molecule has 3 rings (SSSR count). The van der Waals surface area contributed by atoms with Crippen molar-refractivity contribution in [1.82, 2.24) is 26.6 Å². The van der Waals surface area contributed by atoms with E-state index in [0.29, 0.717) is 5.56 Å². The van der Waals surface area contributed by atoms with E-state index in [1.54, 1.807) is 42.5 Å². The number of benzene rings is 2. The Labute approximate surface area is 202 Å². The molecule has 3 atom stereocenters. The molecule has 0 radical (unpaired) electrons. The molecule has 11 nitrogen and oxygen atoms in total. The van der Waals surface area contributed by atoms with Gasteiger partial charge in [0.25, 0.3) is 0 Å². The van der Waals surface area contributed by atoms with E-state index in [1.807, 2.05) is 18.2 Å². The van der Waals surface area contributed by atoms with E-state index in [0.717, 1.165) is 5.56 Å². The van der Waals surface area contributed by atoms with Gasteiger partial charge in [0.1, 0.15) is 24.7 Å². The van der Waals surface area contributed by atoms with Gasteiger partial charge in [0.2, 0.25) is 23.6 Å². The summed E-state index contributed by atoms with van der Waals surface area (Å²) in [4.78, 5) is 61.9. The number of carbonyl (C=O) groups excluding carboxylic acids is 5. The Morgan fingerprint density at radius 3 is 2.20 bits per heavy atom. The highest BCUT2D eigenvalue weighted by molar-refractivity contribution is 5.97. The van der Waals surface area contributed by atoms with Crippen LogP contribution in [0.25, 0.3) is 0 Å². The van der Waals surface area contributed by atoms with Crippen LogP contribution in [0.1, 0.15) is 23.6 Å². The second-order valence-corrected chi connectivity index (χ2v) is 7.79. The third-order valence-electron chi connectivity index (χ3n) is 5.28. The van der Waals surface area contributed by atoms with Crippen LogP contribution in [-0.2, 0) is 30.5 Å². The summed E-state index contributed by atoms with van der Waals surface area (Å²) >= 11 is 0. The second kappa shape index (κ2) is 12.2. The monoisotopic (exact) mass is 481 g/mol. The molecule has 5 amide bonds. The number of carbonyl (C=O) groups is 5. The summed E-state index contributed by atoms with van der Waals surface area (Å²) in [6, 6.07) is 14.2. The smallest absolute Gasteiger partial charge is 0.408 e. The normalized spacial score (nSPS) is 15.9. The number of amides is 5. The van der Waals surface area contributed by atoms with Crippen molar-refractivity contribution < 1.29 is 28.7 Å². The van der Waals surface area contributed by atoms with Crippen LogP contribution in [0.4, 0.5) is 4.79 Å². The minimum absolute atomic E-state index is 0.000949. The van der Waals surface area contributed by atoms with Gasteiger partial charge in [0, 0.05) is 13.6 Å². The maximum Gasteiger partial charge on any atom is 0.408 e. The SMILES string of the molecule is CNC(=O)CC(NC(=O)C(NC(=O)OCc1ccccc1)c1ccccc1)C(=O)NC1CNC1=O. The number of hydrogen-bond acceptors (Lipinski definition) is 6. The Morgan fingerprint density at radius 1 is 0.971 bits per heavy atom. The van der Waals surface area contributed by atoms with Gasteiger partial charge < -0.3 is 31.3 Å². The number of β-lactam (4-membered cyclic amide) rings is 1. The van der Waals surface area contributed by atoms with Crippen LogP contribution in [0.5, 0.6) is 0 Å². The summed E-state index contributed by atoms with van der Waals surface area (Å²) < 4.78 is 5.23. The molecule has 35 heavy (non-hydrogen) atoms. The van der Waals surface area contributed by atoms with E-state index in [4.69, 9.17) is 4.74 Å². The van der Waals surface area contributed by atoms with Crippen LogP contribution in [0.2, 0.25) is 0 Å². The molecule has 0 aliphatic carbocycles. The molecule has 1 saturated heterocycles. The van der Waals surface area contributed by atoms with E-state index in [1.165, 1.54) is 7.05 Å². The van der Waals surface area contributed by atoms with Gasteiger partial charge in [0.15, 0.2) is 0 Å². The van der Waals surface area contributed by atoms with Crippen molar-refractivity contribution in [1.29, 1.82) is 0 Å². The lowest BCUT2D eigenvalue weighted by molar-refractivity contribution is -0.136. The fourth-order valence-corrected chi connectivity index (χ4v) is 3.26. The molecule has 5 N–H and O–H groups in total. The quantitative estimate of drug-likeness (QED) is 0.298. The Morgan fingerprint density at radius 2 is 1.63 bits per heavy atom. The molecule has 1 aliphatic rings. The predicted octanol–water partition coefficient (Wildman–Crippen LogP) is -0.110. The van der Waals surface area contributed by atoms with Crippen LogP contribution in [-0.4, -0.2) is 55.4 Å². The van der Waals surface area contributed by atoms with Crippen molar-refractivity contribution in [3.8, 4) is 0 Å². The molecule has 0 saturated carbocycles. The van der Waals surface area contributed by atoms with Gasteiger partial charge in [0.05, 0.1) is 6.42 Å².